The van der Waals surface area contributed by atoms with Crippen molar-refractivity contribution in [2.24, 2.45) is 0 Å². The fourth-order valence-corrected chi connectivity index (χ4v) is 2.63. The van der Waals surface area contributed by atoms with E-state index in [1.807, 2.05) is 0 Å². The number of carboxylic acids is 1. The quantitative estimate of drug-likeness (QED) is 0.908. The van der Waals surface area contributed by atoms with Gasteiger partial charge in [-0.3, -0.25) is 0 Å². The zero-order valence-electron chi connectivity index (χ0n) is 8.70. The highest BCUT2D eigenvalue weighted by atomic mass is 35.5. The van der Waals surface area contributed by atoms with Crippen LogP contribution in [-0.4, -0.2) is 16.1 Å². The summed E-state index contributed by atoms with van der Waals surface area (Å²) in [6.07, 6.45) is 0. The lowest BCUT2D eigenvalue weighted by Crippen LogP contribution is -1.98. The minimum atomic E-state index is -1.08. The highest BCUT2D eigenvalue weighted by Gasteiger charge is 2.16. The summed E-state index contributed by atoms with van der Waals surface area (Å²) in [6, 6.07) is 3.92. The molecule has 0 aliphatic heterocycles. The molecule has 2 rings (SSSR count). The minimum Gasteiger partial charge on any atom is -0.476 e. The maximum atomic E-state index is 12.9. The predicted molar refractivity (Wildman–Crippen MR) is 64.2 cm³/mol. The van der Waals surface area contributed by atoms with Gasteiger partial charge in [-0.05, 0) is 25.1 Å². The molecule has 0 atom stereocenters. The molecule has 0 aliphatic rings. The van der Waals surface area contributed by atoms with Crippen molar-refractivity contribution < 1.29 is 14.3 Å². The summed E-state index contributed by atoms with van der Waals surface area (Å²) in [5, 5.41) is 9.59. The third-order valence-electron chi connectivity index (χ3n) is 2.16. The average molecular weight is 272 g/mol. The summed E-state index contributed by atoms with van der Waals surface area (Å²) in [5.41, 5.74) is 0.541. The van der Waals surface area contributed by atoms with Crippen LogP contribution in [-0.2, 0) is 0 Å². The molecule has 1 aromatic carbocycles. The number of halogens is 2. The minimum absolute atomic E-state index is 0.00499. The highest BCUT2D eigenvalue weighted by Crippen LogP contribution is 2.33. The molecule has 3 nitrogen and oxygen atoms in total. The van der Waals surface area contributed by atoms with E-state index in [2.05, 4.69) is 4.98 Å². The Hall–Kier alpha value is -1.46. The van der Waals surface area contributed by atoms with Crippen molar-refractivity contribution >= 4 is 28.9 Å². The van der Waals surface area contributed by atoms with Gasteiger partial charge in [-0.1, -0.05) is 11.6 Å². The fraction of sp³-hybridized carbons (Fsp3) is 0.0909. The van der Waals surface area contributed by atoms with E-state index in [9.17, 15) is 9.18 Å². The van der Waals surface area contributed by atoms with Gasteiger partial charge < -0.3 is 5.11 Å². The fourth-order valence-electron chi connectivity index (χ4n) is 1.37. The normalized spacial score (nSPS) is 10.5. The Bertz CT molecular complexity index is 597. The van der Waals surface area contributed by atoms with Crippen molar-refractivity contribution in [3.05, 3.63) is 39.6 Å². The van der Waals surface area contributed by atoms with Crippen molar-refractivity contribution in [2.45, 2.75) is 6.92 Å². The Kier molecular flexibility index (Phi) is 3.13. The van der Waals surface area contributed by atoms with Crippen molar-refractivity contribution in [1.82, 2.24) is 4.98 Å². The van der Waals surface area contributed by atoms with Crippen LogP contribution < -0.4 is 0 Å². The monoisotopic (exact) mass is 271 g/mol. The van der Waals surface area contributed by atoms with Gasteiger partial charge in [0, 0.05) is 10.4 Å². The van der Waals surface area contributed by atoms with Crippen molar-refractivity contribution in [2.75, 3.05) is 0 Å². The number of benzene rings is 1. The van der Waals surface area contributed by atoms with Gasteiger partial charge in [0.15, 0.2) is 5.69 Å². The lowest BCUT2D eigenvalue weighted by atomic mass is 10.2. The molecule has 0 bridgehead atoms. The molecular formula is C11H7ClFNO2S. The topological polar surface area (TPSA) is 50.2 Å². The average Bonchev–Trinajstić information content (AvgIpc) is 2.60. The first-order valence-corrected chi connectivity index (χ1v) is 5.84. The van der Waals surface area contributed by atoms with Crippen LogP contribution in [0.25, 0.3) is 10.6 Å². The molecule has 1 N–H and O–H groups in total. The molecule has 0 saturated carbocycles. The molecule has 0 spiro atoms. The van der Waals surface area contributed by atoms with Crippen LogP contribution in [0.15, 0.2) is 18.2 Å². The van der Waals surface area contributed by atoms with E-state index in [1.54, 1.807) is 6.92 Å². The van der Waals surface area contributed by atoms with Gasteiger partial charge in [-0.15, -0.1) is 11.3 Å². The molecule has 1 aromatic heterocycles. The number of carbonyl (C=O) groups is 1. The maximum Gasteiger partial charge on any atom is 0.355 e. The SMILES string of the molecule is Cc1sc(-c2ccc(F)cc2Cl)nc1C(=O)O. The second kappa shape index (κ2) is 4.43. The number of hydrogen-bond acceptors (Lipinski definition) is 3. The van der Waals surface area contributed by atoms with Gasteiger partial charge in [0.05, 0.1) is 5.02 Å². The zero-order chi connectivity index (χ0) is 12.6. The first kappa shape index (κ1) is 12.0. The van der Waals surface area contributed by atoms with E-state index >= 15 is 0 Å². The van der Waals surface area contributed by atoms with E-state index in [0.29, 0.717) is 15.4 Å². The largest absolute Gasteiger partial charge is 0.476 e. The molecule has 0 aliphatic carbocycles. The summed E-state index contributed by atoms with van der Waals surface area (Å²) >= 11 is 7.10. The summed E-state index contributed by atoms with van der Waals surface area (Å²) in [5.74, 6) is -1.52. The van der Waals surface area contributed by atoms with E-state index in [4.69, 9.17) is 16.7 Å². The number of carboxylic acid groups (broad SMARTS) is 1. The Morgan fingerprint density at radius 2 is 2.24 bits per heavy atom. The van der Waals surface area contributed by atoms with Crippen LogP contribution >= 0.6 is 22.9 Å². The lowest BCUT2D eigenvalue weighted by Gasteiger charge is -1.99. The number of aromatic carboxylic acids is 1. The lowest BCUT2D eigenvalue weighted by molar-refractivity contribution is 0.0690. The Morgan fingerprint density at radius 1 is 1.53 bits per heavy atom. The number of thiazole rings is 1. The standard InChI is InChI=1S/C11H7ClFNO2S/c1-5-9(11(15)16)14-10(17-5)7-3-2-6(13)4-8(7)12/h2-4H,1H3,(H,15,16). The summed E-state index contributed by atoms with van der Waals surface area (Å²) < 4.78 is 12.9. The second-order valence-electron chi connectivity index (χ2n) is 3.35. The zero-order valence-corrected chi connectivity index (χ0v) is 10.3. The first-order chi connectivity index (χ1) is 7.99. The van der Waals surface area contributed by atoms with Gasteiger partial charge in [0.1, 0.15) is 10.8 Å². The summed E-state index contributed by atoms with van der Waals surface area (Å²) in [4.78, 5) is 15.4. The number of aromatic nitrogens is 1. The number of aryl methyl sites for hydroxylation is 1. The molecule has 88 valence electrons. The number of rotatable bonds is 2. The smallest absolute Gasteiger partial charge is 0.355 e. The van der Waals surface area contributed by atoms with Crippen molar-refractivity contribution in [1.29, 1.82) is 0 Å². The van der Waals surface area contributed by atoms with E-state index < -0.39 is 11.8 Å². The molecule has 0 unspecified atom stereocenters. The van der Waals surface area contributed by atoms with Gasteiger partial charge in [-0.2, -0.15) is 0 Å². The van der Waals surface area contributed by atoms with Crippen molar-refractivity contribution in [3.8, 4) is 10.6 Å². The number of hydrogen-bond donors (Lipinski definition) is 1. The molecule has 0 fully saturated rings. The summed E-state index contributed by atoms with van der Waals surface area (Å²) in [7, 11) is 0. The van der Waals surface area contributed by atoms with Crippen LogP contribution in [0.1, 0.15) is 15.4 Å². The predicted octanol–water partition coefficient (Wildman–Crippen LogP) is 3.61. The van der Waals surface area contributed by atoms with Crippen LogP contribution in [0.2, 0.25) is 5.02 Å². The molecular weight excluding hydrogens is 265 g/mol. The van der Waals surface area contributed by atoms with Crippen LogP contribution in [0.3, 0.4) is 0 Å². The maximum absolute atomic E-state index is 12.9. The van der Waals surface area contributed by atoms with Crippen LogP contribution in [0.4, 0.5) is 4.39 Å². The molecule has 0 radical (unpaired) electrons. The Morgan fingerprint density at radius 3 is 2.76 bits per heavy atom. The van der Waals surface area contributed by atoms with Gasteiger partial charge in [0.25, 0.3) is 0 Å². The van der Waals surface area contributed by atoms with Gasteiger partial charge in [0.2, 0.25) is 0 Å². The van der Waals surface area contributed by atoms with Gasteiger partial charge in [-0.25, -0.2) is 14.2 Å². The van der Waals surface area contributed by atoms with E-state index in [1.165, 1.54) is 29.5 Å². The highest BCUT2D eigenvalue weighted by molar-refractivity contribution is 7.15. The molecule has 6 heteroatoms. The summed E-state index contributed by atoms with van der Waals surface area (Å²) in [6.45, 7) is 1.67. The number of nitrogens with zero attached hydrogens (tertiary/aromatic N) is 1. The molecule has 1 heterocycles. The third-order valence-corrected chi connectivity index (χ3v) is 3.48. The molecule has 17 heavy (non-hydrogen) atoms. The van der Waals surface area contributed by atoms with E-state index in [-0.39, 0.29) is 10.7 Å². The van der Waals surface area contributed by atoms with Crippen LogP contribution in [0, 0.1) is 12.7 Å². The molecule has 2 aromatic rings. The van der Waals surface area contributed by atoms with E-state index in [0.717, 1.165) is 0 Å². The van der Waals surface area contributed by atoms with Crippen LogP contribution in [0.5, 0.6) is 0 Å². The Labute approximate surface area is 106 Å². The Balaban J connectivity index is 2.53. The first-order valence-electron chi connectivity index (χ1n) is 4.65. The van der Waals surface area contributed by atoms with Crippen molar-refractivity contribution in [3.63, 3.8) is 0 Å². The molecule has 0 saturated heterocycles. The second-order valence-corrected chi connectivity index (χ2v) is 4.96. The van der Waals surface area contributed by atoms with Gasteiger partial charge >= 0.3 is 5.97 Å². The molecule has 0 amide bonds. The third kappa shape index (κ3) is 2.30.